The van der Waals surface area contributed by atoms with Gasteiger partial charge in [-0.3, -0.25) is 9.59 Å². The lowest BCUT2D eigenvalue weighted by molar-refractivity contribution is -0.126. The average Bonchev–Trinajstić information content (AvgIpc) is 3.04. The first-order chi connectivity index (χ1) is 10.7. The van der Waals surface area contributed by atoms with E-state index in [1.54, 1.807) is 0 Å². The minimum atomic E-state index is -0.215. The van der Waals surface area contributed by atoms with Crippen molar-refractivity contribution >= 4 is 11.8 Å². The monoisotopic (exact) mass is 304 g/mol. The molecule has 0 radical (unpaired) electrons. The summed E-state index contributed by atoms with van der Waals surface area (Å²) in [7, 11) is 0. The molecule has 0 spiro atoms. The fourth-order valence-corrected chi connectivity index (χ4v) is 2.87. The average molecular weight is 304 g/mol. The molecule has 5 nitrogen and oxygen atoms in total. The number of nitrogens with one attached hydrogen (secondary N) is 2. The van der Waals surface area contributed by atoms with Gasteiger partial charge in [0, 0.05) is 13.0 Å². The highest BCUT2D eigenvalue weighted by Gasteiger charge is 2.18. The maximum atomic E-state index is 11.8. The number of rotatable bonds is 7. The van der Waals surface area contributed by atoms with Crippen molar-refractivity contribution in [1.82, 2.24) is 10.6 Å². The fourth-order valence-electron chi connectivity index (χ4n) is 2.87. The van der Waals surface area contributed by atoms with Crippen LogP contribution in [0.15, 0.2) is 24.3 Å². The van der Waals surface area contributed by atoms with Crippen molar-refractivity contribution in [2.45, 2.75) is 45.3 Å². The lowest BCUT2D eigenvalue weighted by atomic mass is 10.0. The van der Waals surface area contributed by atoms with Gasteiger partial charge in [0.15, 0.2) is 0 Å². The Kier molecular flexibility index (Phi) is 6.40. The lowest BCUT2D eigenvalue weighted by Gasteiger charge is -2.11. The number of carbonyl (C=O) groups excluding carboxylic acids is 2. The molecule has 0 aromatic heterocycles. The van der Waals surface area contributed by atoms with E-state index in [0.717, 1.165) is 24.0 Å². The molecule has 0 saturated heterocycles. The summed E-state index contributed by atoms with van der Waals surface area (Å²) in [5, 5.41) is 14.7. The number of hydrogen-bond donors (Lipinski definition) is 3. The van der Waals surface area contributed by atoms with Crippen LogP contribution in [0, 0.1) is 5.92 Å². The Hall–Kier alpha value is -1.88. The molecule has 0 bridgehead atoms. The molecule has 120 valence electrons. The van der Waals surface area contributed by atoms with Crippen LogP contribution in [0.5, 0.6) is 0 Å². The first-order valence-electron chi connectivity index (χ1n) is 7.90. The maximum Gasteiger partial charge on any atom is 0.239 e. The van der Waals surface area contributed by atoms with Gasteiger partial charge in [0.25, 0.3) is 0 Å². The standard InChI is InChI=1S/C17H24N2O3/c20-12-15-8-4-3-7-14(15)10-18-17(22)11-19-16(21)9-13-5-1-2-6-13/h3-4,7-8,13,20H,1-2,5-6,9-12H2,(H,18,22)(H,19,21). The second-order valence-electron chi connectivity index (χ2n) is 5.83. The molecule has 1 fully saturated rings. The van der Waals surface area contributed by atoms with Gasteiger partial charge in [-0.25, -0.2) is 0 Å². The number of amides is 2. The second kappa shape index (κ2) is 8.54. The van der Waals surface area contributed by atoms with Gasteiger partial charge in [-0.15, -0.1) is 0 Å². The summed E-state index contributed by atoms with van der Waals surface area (Å²) in [4.78, 5) is 23.5. The van der Waals surface area contributed by atoms with E-state index in [1.807, 2.05) is 24.3 Å². The highest BCUT2D eigenvalue weighted by molar-refractivity contribution is 5.84. The van der Waals surface area contributed by atoms with Crippen LogP contribution in [0.3, 0.4) is 0 Å². The summed E-state index contributed by atoms with van der Waals surface area (Å²) in [5.41, 5.74) is 1.68. The summed E-state index contributed by atoms with van der Waals surface area (Å²) in [6.07, 6.45) is 5.20. The molecule has 2 amide bonds. The molecular weight excluding hydrogens is 280 g/mol. The summed E-state index contributed by atoms with van der Waals surface area (Å²) in [5.74, 6) is 0.227. The van der Waals surface area contributed by atoms with Crippen molar-refractivity contribution < 1.29 is 14.7 Å². The van der Waals surface area contributed by atoms with E-state index in [2.05, 4.69) is 10.6 Å². The van der Waals surface area contributed by atoms with Crippen molar-refractivity contribution in [3.63, 3.8) is 0 Å². The third-order valence-electron chi connectivity index (χ3n) is 4.16. The molecule has 1 aliphatic rings. The number of aliphatic hydroxyl groups excluding tert-OH is 1. The predicted molar refractivity (Wildman–Crippen MR) is 83.8 cm³/mol. The van der Waals surface area contributed by atoms with Crippen molar-refractivity contribution in [1.29, 1.82) is 0 Å². The van der Waals surface area contributed by atoms with Gasteiger partial charge in [0.05, 0.1) is 13.2 Å². The third kappa shape index (κ3) is 5.15. The number of benzene rings is 1. The Morgan fingerprint density at radius 2 is 1.73 bits per heavy atom. The van der Waals surface area contributed by atoms with Crippen molar-refractivity contribution in [3.05, 3.63) is 35.4 Å². The molecule has 2 rings (SSSR count). The van der Waals surface area contributed by atoms with Crippen molar-refractivity contribution in [3.8, 4) is 0 Å². The number of hydrogen-bond acceptors (Lipinski definition) is 3. The van der Waals surface area contributed by atoms with Crippen LogP contribution in [-0.2, 0) is 22.7 Å². The minimum Gasteiger partial charge on any atom is -0.392 e. The Balaban J connectivity index is 1.68. The molecule has 5 heteroatoms. The quantitative estimate of drug-likeness (QED) is 0.714. The Bertz CT molecular complexity index is 510. The number of aliphatic hydroxyl groups is 1. The molecule has 1 saturated carbocycles. The molecule has 22 heavy (non-hydrogen) atoms. The van der Waals surface area contributed by atoms with E-state index in [4.69, 9.17) is 0 Å². The lowest BCUT2D eigenvalue weighted by Crippen LogP contribution is -2.37. The maximum absolute atomic E-state index is 11.8. The van der Waals surface area contributed by atoms with E-state index in [9.17, 15) is 14.7 Å². The van der Waals surface area contributed by atoms with Gasteiger partial charge in [-0.05, 0) is 29.9 Å². The van der Waals surface area contributed by atoms with E-state index >= 15 is 0 Å². The SMILES string of the molecule is O=C(CNC(=O)CC1CCCC1)NCc1ccccc1CO. The fraction of sp³-hybridized carbons (Fsp3) is 0.529. The largest absolute Gasteiger partial charge is 0.392 e. The number of carbonyl (C=O) groups is 2. The summed E-state index contributed by atoms with van der Waals surface area (Å²) >= 11 is 0. The molecule has 3 N–H and O–H groups in total. The predicted octanol–water partition coefficient (Wildman–Crippen LogP) is 1.49. The molecule has 1 aromatic carbocycles. The minimum absolute atomic E-state index is 0.00679. The van der Waals surface area contributed by atoms with Crippen LogP contribution in [-0.4, -0.2) is 23.5 Å². The van der Waals surface area contributed by atoms with Crippen LogP contribution in [0.2, 0.25) is 0 Å². The molecule has 0 heterocycles. The molecule has 0 unspecified atom stereocenters. The van der Waals surface area contributed by atoms with E-state index in [-0.39, 0.29) is 25.0 Å². The summed E-state index contributed by atoms with van der Waals surface area (Å²) in [6.45, 7) is 0.311. The van der Waals surface area contributed by atoms with Gasteiger partial charge >= 0.3 is 0 Å². The highest BCUT2D eigenvalue weighted by Crippen LogP contribution is 2.27. The van der Waals surface area contributed by atoms with E-state index in [1.165, 1.54) is 12.8 Å². The molecule has 0 atom stereocenters. The van der Waals surface area contributed by atoms with Crippen LogP contribution >= 0.6 is 0 Å². The molecule has 1 aliphatic carbocycles. The Morgan fingerprint density at radius 3 is 2.41 bits per heavy atom. The topological polar surface area (TPSA) is 78.4 Å². The van der Waals surface area contributed by atoms with Crippen molar-refractivity contribution in [2.24, 2.45) is 5.92 Å². The van der Waals surface area contributed by atoms with Crippen LogP contribution < -0.4 is 10.6 Å². The van der Waals surface area contributed by atoms with Crippen molar-refractivity contribution in [2.75, 3.05) is 6.54 Å². The van der Waals surface area contributed by atoms with E-state index < -0.39 is 0 Å². The zero-order chi connectivity index (χ0) is 15.8. The Labute approximate surface area is 131 Å². The summed E-state index contributed by atoms with van der Waals surface area (Å²) < 4.78 is 0. The first kappa shape index (κ1) is 16.5. The summed E-state index contributed by atoms with van der Waals surface area (Å²) in [6, 6.07) is 7.40. The smallest absolute Gasteiger partial charge is 0.239 e. The molecular formula is C17H24N2O3. The van der Waals surface area contributed by atoms with Crippen LogP contribution in [0.25, 0.3) is 0 Å². The molecule has 1 aromatic rings. The zero-order valence-electron chi connectivity index (χ0n) is 12.8. The first-order valence-corrected chi connectivity index (χ1v) is 7.90. The normalized spacial score (nSPS) is 14.8. The van der Waals surface area contributed by atoms with Crippen LogP contribution in [0.1, 0.15) is 43.2 Å². The van der Waals surface area contributed by atoms with Gasteiger partial charge < -0.3 is 15.7 Å². The van der Waals surface area contributed by atoms with Gasteiger partial charge in [0.2, 0.25) is 11.8 Å². The van der Waals surface area contributed by atoms with Crippen LogP contribution in [0.4, 0.5) is 0 Å². The molecule has 0 aliphatic heterocycles. The van der Waals surface area contributed by atoms with E-state index in [0.29, 0.717) is 18.9 Å². The van der Waals surface area contributed by atoms with Gasteiger partial charge in [-0.2, -0.15) is 0 Å². The zero-order valence-corrected chi connectivity index (χ0v) is 12.8. The highest BCUT2D eigenvalue weighted by atomic mass is 16.3. The van der Waals surface area contributed by atoms with Gasteiger partial charge in [0.1, 0.15) is 0 Å². The second-order valence-corrected chi connectivity index (χ2v) is 5.83. The Morgan fingerprint density at radius 1 is 1.05 bits per heavy atom. The van der Waals surface area contributed by atoms with Gasteiger partial charge in [-0.1, -0.05) is 37.1 Å². The third-order valence-corrected chi connectivity index (χ3v) is 4.16.